The van der Waals surface area contributed by atoms with Crippen LogP contribution >= 0.6 is 11.8 Å². The molecule has 1 N–H and O–H groups in total. The van der Waals surface area contributed by atoms with Gasteiger partial charge in [0.15, 0.2) is 5.17 Å². The van der Waals surface area contributed by atoms with Crippen molar-refractivity contribution >= 4 is 28.7 Å². The highest BCUT2D eigenvalue weighted by molar-refractivity contribution is 8.14. The maximum Gasteiger partial charge on any atom is 0.416 e. The molecular weight excluding hydrogens is 298 g/mol. The molecule has 0 spiro atoms. The molecule has 1 fully saturated rings. The third kappa shape index (κ3) is 4.16. The molecular formula is C16H23N3O2S. The molecule has 0 aromatic heterocycles. The van der Waals surface area contributed by atoms with Gasteiger partial charge < -0.3 is 4.74 Å². The number of hydrazone groups is 1. The normalized spacial score (nSPS) is 17.0. The zero-order chi connectivity index (χ0) is 16.3. The number of nitrogens with one attached hydrogen (secondary N) is 1. The summed E-state index contributed by atoms with van der Waals surface area (Å²) in [6.07, 6.45) is -0.348. The quantitative estimate of drug-likeness (QED) is 0.837. The summed E-state index contributed by atoms with van der Waals surface area (Å²) in [4.78, 5) is 13.8. The zero-order valence-corrected chi connectivity index (χ0v) is 14.6. The molecule has 6 heteroatoms. The molecule has 0 atom stereocenters. The average molecular weight is 321 g/mol. The van der Waals surface area contributed by atoms with Gasteiger partial charge in [-0.1, -0.05) is 23.9 Å². The monoisotopic (exact) mass is 321 g/mol. The van der Waals surface area contributed by atoms with E-state index in [0.717, 1.165) is 17.0 Å². The van der Waals surface area contributed by atoms with Crippen molar-refractivity contribution in [2.75, 3.05) is 17.7 Å². The first kappa shape index (κ1) is 16.7. The van der Waals surface area contributed by atoms with E-state index in [9.17, 15) is 4.79 Å². The number of thioether (sulfide) groups is 1. The number of aryl methyl sites for hydroxylation is 1. The van der Waals surface area contributed by atoms with Crippen LogP contribution in [0.2, 0.25) is 0 Å². The van der Waals surface area contributed by atoms with Gasteiger partial charge in [0.1, 0.15) is 5.60 Å². The molecule has 1 aromatic rings. The van der Waals surface area contributed by atoms with Gasteiger partial charge in [-0.2, -0.15) is 0 Å². The van der Waals surface area contributed by atoms with Crippen molar-refractivity contribution in [2.45, 2.75) is 40.2 Å². The molecule has 1 aromatic carbocycles. The third-order valence-corrected chi connectivity index (χ3v) is 4.22. The maximum absolute atomic E-state index is 12.2. The molecule has 0 unspecified atom stereocenters. The van der Waals surface area contributed by atoms with Gasteiger partial charge in [0.25, 0.3) is 0 Å². The molecule has 5 nitrogen and oxygen atoms in total. The van der Waals surface area contributed by atoms with Gasteiger partial charge in [-0.15, -0.1) is 5.10 Å². The minimum absolute atomic E-state index is 0.348. The Labute approximate surface area is 136 Å². The number of benzene rings is 1. The van der Waals surface area contributed by atoms with Crippen molar-refractivity contribution in [1.82, 2.24) is 4.90 Å². The minimum atomic E-state index is -0.504. The van der Waals surface area contributed by atoms with Crippen LogP contribution in [0.3, 0.4) is 0 Å². The number of nitrogens with zero attached hydrogens (tertiary/aromatic N) is 2. The van der Waals surface area contributed by atoms with Crippen LogP contribution in [0.5, 0.6) is 0 Å². The van der Waals surface area contributed by atoms with E-state index in [1.807, 2.05) is 39.8 Å². The van der Waals surface area contributed by atoms with Gasteiger partial charge in [0.05, 0.1) is 5.69 Å². The van der Waals surface area contributed by atoms with Crippen LogP contribution in [0, 0.1) is 13.8 Å². The van der Waals surface area contributed by atoms with Crippen molar-refractivity contribution in [3.8, 4) is 0 Å². The Balaban J connectivity index is 2.10. The second kappa shape index (κ2) is 6.60. The topological polar surface area (TPSA) is 53.9 Å². The van der Waals surface area contributed by atoms with Gasteiger partial charge in [0, 0.05) is 12.3 Å². The van der Waals surface area contributed by atoms with Crippen LogP contribution < -0.4 is 5.43 Å². The molecule has 22 heavy (non-hydrogen) atoms. The summed E-state index contributed by atoms with van der Waals surface area (Å²) in [6, 6.07) is 6.02. The number of hydrogen-bond acceptors (Lipinski definition) is 5. The summed E-state index contributed by atoms with van der Waals surface area (Å²) < 4.78 is 5.41. The van der Waals surface area contributed by atoms with Gasteiger partial charge in [-0.3, -0.25) is 10.3 Å². The lowest BCUT2D eigenvalue weighted by molar-refractivity contribution is 0.0386. The van der Waals surface area contributed by atoms with Gasteiger partial charge in [-0.05, 0) is 51.8 Å². The number of hydrogen-bond donors (Lipinski definition) is 1. The highest BCUT2D eigenvalue weighted by Crippen LogP contribution is 2.23. The van der Waals surface area contributed by atoms with Crippen molar-refractivity contribution in [1.29, 1.82) is 0 Å². The summed E-state index contributed by atoms with van der Waals surface area (Å²) >= 11 is 1.55. The Hall–Kier alpha value is -1.69. The lowest BCUT2D eigenvalue weighted by Crippen LogP contribution is -2.37. The van der Waals surface area contributed by atoms with E-state index >= 15 is 0 Å². The molecule has 1 heterocycles. The average Bonchev–Trinajstić information content (AvgIpc) is 2.87. The third-order valence-electron chi connectivity index (χ3n) is 3.27. The summed E-state index contributed by atoms with van der Waals surface area (Å²) in [5.41, 5.74) is 5.86. The standard InChI is InChI=1S/C16H23N3O2S/c1-11-7-6-8-13(12(11)2)17-18-14-19(9-10-22-14)15(20)21-16(3,4)5/h6-8,17H,9-10H2,1-5H3. The van der Waals surface area contributed by atoms with E-state index < -0.39 is 5.60 Å². The molecule has 1 amide bonds. The summed E-state index contributed by atoms with van der Waals surface area (Å²) in [5, 5.41) is 5.03. The van der Waals surface area contributed by atoms with Crippen molar-refractivity contribution in [2.24, 2.45) is 5.10 Å². The number of carbonyl (C=O) groups excluding carboxylic acids is 1. The van der Waals surface area contributed by atoms with E-state index in [1.165, 1.54) is 5.56 Å². The van der Waals surface area contributed by atoms with Crippen molar-refractivity contribution in [3.05, 3.63) is 29.3 Å². The lowest BCUT2D eigenvalue weighted by atomic mass is 10.1. The number of amidine groups is 1. The van der Waals surface area contributed by atoms with Crippen LogP contribution in [0.1, 0.15) is 31.9 Å². The molecule has 0 bridgehead atoms. The van der Waals surface area contributed by atoms with E-state index in [0.29, 0.717) is 11.7 Å². The van der Waals surface area contributed by atoms with E-state index in [1.54, 1.807) is 16.7 Å². The van der Waals surface area contributed by atoms with E-state index in [4.69, 9.17) is 4.74 Å². The minimum Gasteiger partial charge on any atom is -0.443 e. The van der Waals surface area contributed by atoms with Crippen LogP contribution in [0.15, 0.2) is 23.3 Å². The van der Waals surface area contributed by atoms with Crippen LogP contribution in [-0.4, -0.2) is 34.1 Å². The second-order valence-electron chi connectivity index (χ2n) is 6.23. The second-order valence-corrected chi connectivity index (χ2v) is 7.30. The Morgan fingerprint density at radius 2 is 2.09 bits per heavy atom. The highest BCUT2D eigenvalue weighted by Gasteiger charge is 2.30. The Morgan fingerprint density at radius 3 is 2.77 bits per heavy atom. The van der Waals surface area contributed by atoms with Crippen molar-refractivity contribution in [3.63, 3.8) is 0 Å². The maximum atomic E-state index is 12.2. The molecule has 120 valence electrons. The van der Waals surface area contributed by atoms with Crippen LogP contribution in [0.25, 0.3) is 0 Å². The van der Waals surface area contributed by atoms with Gasteiger partial charge in [-0.25, -0.2) is 4.79 Å². The van der Waals surface area contributed by atoms with Gasteiger partial charge >= 0.3 is 6.09 Å². The molecule has 0 aliphatic carbocycles. The molecule has 1 saturated heterocycles. The van der Waals surface area contributed by atoms with E-state index in [-0.39, 0.29) is 6.09 Å². The summed E-state index contributed by atoms with van der Waals surface area (Å²) in [5.74, 6) is 0.826. The van der Waals surface area contributed by atoms with E-state index in [2.05, 4.69) is 23.5 Å². The fourth-order valence-electron chi connectivity index (χ4n) is 1.96. The first-order valence-corrected chi connectivity index (χ1v) is 8.30. The number of rotatable bonds is 2. The van der Waals surface area contributed by atoms with Gasteiger partial charge in [0.2, 0.25) is 0 Å². The Kier molecular flexibility index (Phi) is 5.01. The van der Waals surface area contributed by atoms with Crippen LogP contribution in [0.4, 0.5) is 10.5 Å². The number of anilines is 1. The lowest BCUT2D eigenvalue weighted by Gasteiger charge is -2.24. The van der Waals surface area contributed by atoms with Crippen LogP contribution in [-0.2, 0) is 4.74 Å². The van der Waals surface area contributed by atoms with Crippen molar-refractivity contribution < 1.29 is 9.53 Å². The first-order valence-electron chi connectivity index (χ1n) is 7.31. The highest BCUT2D eigenvalue weighted by atomic mass is 32.2. The Bertz CT molecular complexity index is 594. The molecule has 0 saturated carbocycles. The fraction of sp³-hybridized carbons (Fsp3) is 0.500. The largest absolute Gasteiger partial charge is 0.443 e. The Morgan fingerprint density at radius 1 is 1.36 bits per heavy atom. The fourth-order valence-corrected chi connectivity index (χ4v) is 2.85. The number of amides is 1. The predicted octanol–water partition coefficient (Wildman–Crippen LogP) is 3.97. The number of ether oxygens (including phenoxy) is 1. The molecule has 0 radical (unpaired) electrons. The summed E-state index contributed by atoms with van der Waals surface area (Å²) in [7, 11) is 0. The SMILES string of the molecule is Cc1cccc(NN=C2SCCN2C(=O)OC(C)(C)C)c1C. The smallest absolute Gasteiger partial charge is 0.416 e. The predicted molar refractivity (Wildman–Crippen MR) is 92.4 cm³/mol. The number of carbonyl (C=O) groups is 1. The summed E-state index contributed by atoms with van der Waals surface area (Å²) in [6.45, 7) is 10.3. The molecule has 2 rings (SSSR count). The zero-order valence-electron chi connectivity index (χ0n) is 13.8. The molecule has 1 aliphatic rings. The first-order chi connectivity index (χ1) is 10.3. The molecule has 1 aliphatic heterocycles.